The summed E-state index contributed by atoms with van der Waals surface area (Å²) in [7, 11) is 3.27. The van der Waals surface area contributed by atoms with Crippen LogP contribution in [0.2, 0.25) is 0 Å². The molecule has 1 heterocycles. The lowest BCUT2D eigenvalue weighted by molar-refractivity contribution is -0.142. The molecule has 0 aliphatic carbocycles. The molecule has 2 amide bonds. The van der Waals surface area contributed by atoms with Crippen molar-refractivity contribution in [3.8, 4) is 0 Å². The van der Waals surface area contributed by atoms with Gasteiger partial charge < -0.3 is 14.7 Å². The van der Waals surface area contributed by atoms with Gasteiger partial charge in [-0.15, -0.1) is 0 Å². The van der Waals surface area contributed by atoms with Gasteiger partial charge in [0.25, 0.3) is 0 Å². The molecule has 1 aliphatic heterocycles. The van der Waals surface area contributed by atoms with Crippen molar-refractivity contribution in [2.45, 2.75) is 6.04 Å². The smallest absolute Gasteiger partial charge is 0.324 e. The van der Waals surface area contributed by atoms with E-state index in [0.717, 1.165) is 5.69 Å². The number of carbonyl (C=O) groups excluding carboxylic acids is 1. The van der Waals surface area contributed by atoms with Gasteiger partial charge in [-0.2, -0.15) is 0 Å². The van der Waals surface area contributed by atoms with Crippen molar-refractivity contribution in [2.75, 3.05) is 32.2 Å². The molecule has 0 saturated carbocycles. The highest BCUT2D eigenvalue weighted by atomic mass is 16.5. The quantitative estimate of drug-likeness (QED) is 0.904. The standard InChI is InChI=1S/C14H18N2O4/c1-15(10-6-4-3-5-7-10)14(19)16(2)12-9-20-8-11(12)13(17)18/h3-7,11-12H,8-9H2,1-2H3,(H,17,18). The second-order valence-corrected chi connectivity index (χ2v) is 4.84. The van der Waals surface area contributed by atoms with Gasteiger partial charge in [0.15, 0.2) is 0 Å². The molecule has 0 radical (unpaired) electrons. The van der Waals surface area contributed by atoms with Crippen LogP contribution in [0.15, 0.2) is 30.3 Å². The Kier molecular flexibility index (Phi) is 4.24. The van der Waals surface area contributed by atoms with Crippen LogP contribution in [0.1, 0.15) is 0 Å². The number of carboxylic acid groups (broad SMARTS) is 1. The maximum atomic E-state index is 12.4. The maximum absolute atomic E-state index is 12.4. The molecule has 108 valence electrons. The minimum atomic E-state index is -0.936. The first-order valence-electron chi connectivity index (χ1n) is 6.38. The van der Waals surface area contributed by atoms with Crippen molar-refractivity contribution in [3.63, 3.8) is 0 Å². The maximum Gasteiger partial charge on any atom is 0.324 e. The number of urea groups is 1. The molecular weight excluding hydrogens is 260 g/mol. The summed E-state index contributed by atoms with van der Waals surface area (Å²) in [4.78, 5) is 26.5. The Bertz CT molecular complexity index is 491. The van der Waals surface area contributed by atoms with Crippen molar-refractivity contribution in [1.29, 1.82) is 0 Å². The highest BCUT2D eigenvalue weighted by molar-refractivity contribution is 5.91. The molecule has 6 nitrogen and oxygen atoms in total. The van der Waals surface area contributed by atoms with Crippen molar-refractivity contribution in [3.05, 3.63) is 30.3 Å². The number of hydrogen-bond acceptors (Lipinski definition) is 3. The van der Waals surface area contributed by atoms with E-state index in [4.69, 9.17) is 9.84 Å². The Hall–Kier alpha value is -2.08. The minimum Gasteiger partial charge on any atom is -0.481 e. The van der Waals surface area contributed by atoms with E-state index in [1.807, 2.05) is 30.3 Å². The number of rotatable bonds is 3. The summed E-state index contributed by atoms with van der Waals surface area (Å²) >= 11 is 0. The number of anilines is 1. The summed E-state index contributed by atoms with van der Waals surface area (Å²) in [5.41, 5.74) is 0.759. The van der Waals surface area contributed by atoms with Crippen LogP contribution in [0.3, 0.4) is 0 Å². The third-order valence-corrected chi connectivity index (χ3v) is 3.60. The number of ether oxygens (including phenoxy) is 1. The molecule has 2 rings (SSSR count). The number of likely N-dealkylation sites (N-methyl/N-ethyl adjacent to an activating group) is 1. The van der Waals surface area contributed by atoms with Crippen LogP contribution in [0.4, 0.5) is 10.5 Å². The number of nitrogens with zero attached hydrogens (tertiary/aromatic N) is 2. The third kappa shape index (κ3) is 2.75. The first-order valence-corrected chi connectivity index (χ1v) is 6.38. The Balaban J connectivity index is 2.10. The molecule has 1 fully saturated rings. The zero-order valence-electron chi connectivity index (χ0n) is 11.5. The van der Waals surface area contributed by atoms with Gasteiger partial charge in [-0.3, -0.25) is 9.69 Å². The van der Waals surface area contributed by atoms with E-state index in [1.165, 1.54) is 9.80 Å². The fourth-order valence-corrected chi connectivity index (χ4v) is 2.30. The molecule has 0 aromatic heterocycles. The van der Waals surface area contributed by atoms with Gasteiger partial charge in [-0.05, 0) is 12.1 Å². The van der Waals surface area contributed by atoms with Gasteiger partial charge in [0, 0.05) is 19.8 Å². The van der Waals surface area contributed by atoms with Crippen LogP contribution >= 0.6 is 0 Å². The van der Waals surface area contributed by atoms with Gasteiger partial charge in [0.1, 0.15) is 5.92 Å². The largest absolute Gasteiger partial charge is 0.481 e. The van der Waals surface area contributed by atoms with E-state index >= 15 is 0 Å². The Morgan fingerprint density at radius 1 is 1.20 bits per heavy atom. The Morgan fingerprint density at radius 3 is 2.45 bits per heavy atom. The lowest BCUT2D eigenvalue weighted by Crippen LogP contribution is -2.49. The molecule has 1 aromatic carbocycles. The molecule has 0 bridgehead atoms. The summed E-state index contributed by atoms with van der Waals surface area (Å²) in [5.74, 6) is -1.61. The van der Waals surface area contributed by atoms with Gasteiger partial charge in [0.2, 0.25) is 0 Å². The lowest BCUT2D eigenvalue weighted by Gasteiger charge is -2.30. The number of aliphatic carboxylic acids is 1. The SMILES string of the molecule is CN(C(=O)N(C)C1COCC1C(=O)O)c1ccccc1. The first kappa shape index (κ1) is 14.3. The second-order valence-electron chi connectivity index (χ2n) is 4.84. The number of para-hydroxylation sites is 1. The summed E-state index contributed by atoms with van der Waals surface area (Å²) in [6.07, 6.45) is 0. The predicted octanol–water partition coefficient (Wildman–Crippen LogP) is 1.27. The van der Waals surface area contributed by atoms with E-state index in [-0.39, 0.29) is 19.2 Å². The average molecular weight is 278 g/mol. The van der Waals surface area contributed by atoms with Crippen molar-refractivity contribution in [2.24, 2.45) is 5.92 Å². The average Bonchev–Trinajstić information content (AvgIpc) is 2.95. The zero-order valence-corrected chi connectivity index (χ0v) is 11.5. The summed E-state index contributed by atoms with van der Waals surface area (Å²) < 4.78 is 5.19. The Morgan fingerprint density at radius 2 is 1.85 bits per heavy atom. The fourth-order valence-electron chi connectivity index (χ4n) is 2.30. The van der Waals surface area contributed by atoms with Crippen molar-refractivity contribution in [1.82, 2.24) is 4.90 Å². The van der Waals surface area contributed by atoms with Crippen LogP contribution in [0.25, 0.3) is 0 Å². The summed E-state index contributed by atoms with van der Waals surface area (Å²) in [6, 6.07) is 8.52. The van der Waals surface area contributed by atoms with Gasteiger partial charge in [-0.1, -0.05) is 18.2 Å². The van der Waals surface area contributed by atoms with Crippen LogP contribution < -0.4 is 4.90 Å². The number of carbonyl (C=O) groups is 2. The molecule has 1 N–H and O–H groups in total. The molecule has 6 heteroatoms. The van der Waals surface area contributed by atoms with Crippen LogP contribution in [-0.4, -0.2) is 55.4 Å². The highest BCUT2D eigenvalue weighted by Crippen LogP contribution is 2.21. The van der Waals surface area contributed by atoms with Crippen molar-refractivity contribution >= 4 is 17.7 Å². The number of amides is 2. The summed E-state index contributed by atoms with van der Waals surface area (Å²) in [6.45, 7) is 0.397. The molecule has 1 aromatic rings. The topological polar surface area (TPSA) is 70.1 Å². The predicted molar refractivity (Wildman–Crippen MR) is 73.7 cm³/mol. The first-order chi connectivity index (χ1) is 9.52. The minimum absolute atomic E-state index is 0.146. The van der Waals surface area contributed by atoms with Crippen LogP contribution in [-0.2, 0) is 9.53 Å². The normalized spacial score (nSPS) is 21.5. The molecule has 2 unspecified atom stereocenters. The Labute approximate surface area is 117 Å². The van der Waals surface area contributed by atoms with E-state index in [2.05, 4.69) is 0 Å². The number of hydrogen-bond donors (Lipinski definition) is 1. The van der Waals surface area contributed by atoms with E-state index in [0.29, 0.717) is 0 Å². The van der Waals surface area contributed by atoms with Crippen molar-refractivity contribution < 1.29 is 19.4 Å². The van der Waals surface area contributed by atoms with Crippen LogP contribution in [0.5, 0.6) is 0 Å². The molecule has 2 atom stereocenters. The fraction of sp³-hybridized carbons (Fsp3) is 0.429. The third-order valence-electron chi connectivity index (χ3n) is 3.60. The molecule has 0 spiro atoms. The monoisotopic (exact) mass is 278 g/mol. The highest BCUT2D eigenvalue weighted by Gasteiger charge is 2.39. The van der Waals surface area contributed by atoms with Gasteiger partial charge in [-0.25, -0.2) is 4.79 Å². The second kappa shape index (κ2) is 5.92. The molecular formula is C14H18N2O4. The molecule has 1 aliphatic rings. The molecule has 20 heavy (non-hydrogen) atoms. The number of benzene rings is 1. The zero-order chi connectivity index (χ0) is 14.7. The lowest BCUT2D eigenvalue weighted by atomic mass is 10.0. The van der Waals surface area contributed by atoms with E-state index in [9.17, 15) is 9.59 Å². The van der Waals surface area contributed by atoms with Crippen LogP contribution in [0, 0.1) is 5.92 Å². The van der Waals surface area contributed by atoms with Gasteiger partial charge in [0.05, 0.1) is 19.3 Å². The summed E-state index contributed by atoms with van der Waals surface area (Å²) in [5, 5.41) is 9.14. The van der Waals surface area contributed by atoms with E-state index < -0.39 is 17.9 Å². The molecule has 1 saturated heterocycles. The van der Waals surface area contributed by atoms with E-state index in [1.54, 1.807) is 14.1 Å². The number of carboxylic acids is 1. The van der Waals surface area contributed by atoms with Gasteiger partial charge >= 0.3 is 12.0 Å².